The van der Waals surface area contributed by atoms with Gasteiger partial charge >= 0.3 is 5.69 Å². The van der Waals surface area contributed by atoms with Crippen molar-refractivity contribution in [1.82, 2.24) is 24.4 Å². The largest absolute Gasteiger partial charge is 0.399 e. The second kappa shape index (κ2) is 3.48. The number of fused-ring (bicyclic) bond motifs is 1. The average Bonchev–Trinajstić information content (AvgIpc) is 2.64. The van der Waals surface area contributed by atoms with E-state index in [1.807, 2.05) is 0 Å². The maximum atomic E-state index is 11.5. The topological polar surface area (TPSA) is 86.7 Å². The van der Waals surface area contributed by atoms with Gasteiger partial charge in [-0.25, -0.2) is 14.2 Å². The second-order valence-corrected chi connectivity index (χ2v) is 2.74. The van der Waals surface area contributed by atoms with Crippen LogP contribution in [-0.4, -0.2) is 37.7 Å². The lowest BCUT2D eigenvalue weighted by atomic mass is 10.5. The third kappa shape index (κ3) is 1.45. The third-order valence-corrected chi connectivity index (χ3v) is 1.81. The molecule has 0 aliphatic heterocycles. The molecule has 2 aromatic rings. The van der Waals surface area contributed by atoms with Crippen molar-refractivity contribution in [3.05, 3.63) is 22.5 Å². The molecule has 8 heteroatoms. The van der Waals surface area contributed by atoms with E-state index in [1.165, 1.54) is 31.1 Å². The van der Waals surface area contributed by atoms with Gasteiger partial charge in [0.05, 0.1) is 6.21 Å². The lowest BCUT2D eigenvalue weighted by molar-refractivity contribution is 0.215. The fourth-order valence-electron chi connectivity index (χ4n) is 1.09. The van der Waals surface area contributed by atoms with Gasteiger partial charge in [-0.05, 0) is 0 Å². The highest BCUT2D eigenvalue weighted by atomic mass is 16.6. The smallest absolute Gasteiger partial charge is 0.352 e. The van der Waals surface area contributed by atoms with E-state index < -0.39 is 0 Å². The van der Waals surface area contributed by atoms with E-state index >= 15 is 0 Å². The van der Waals surface area contributed by atoms with Crippen LogP contribution in [0.15, 0.2) is 16.3 Å². The Kier molecular flexibility index (Phi) is 2.16. The van der Waals surface area contributed by atoms with E-state index in [0.717, 1.165) is 4.68 Å². The van der Waals surface area contributed by atoms with Crippen LogP contribution in [0.25, 0.3) is 5.65 Å². The van der Waals surface area contributed by atoms with Crippen LogP contribution >= 0.6 is 0 Å². The molecule has 0 spiro atoms. The molecule has 0 N–H and O–H groups in total. The summed E-state index contributed by atoms with van der Waals surface area (Å²) in [6.07, 6.45) is 2.73. The minimum absolute atomic E-state index is 0.315. The summed E-state index contributed by atoms with van der Waals surface area (Å²) in [4.78, 5) is 20.0. The maximum Gasteiger partial charge on any atom is 0.352 e. The molecule has 0 radical (unpaired) electrons. The molecular weight excluding hydrogens is 200 g/mol. The Morgan fingerprint density at radius 3 is 3.13 bits per heavy atom. The van der Waals surface area contributed by atoms with Gasteiger partial charge in [0.2, 0.25) is 0 Å². The maximum absolute atomic E-state index is 11.5. The number of hydrogen-bond donors (Lipinski definition) is 0. The van der Waals surface area contributed by atoms with Crippen LogP contribution in [0.4, 0.5) is 0 Å². The van der Waals surface area contributed by atoms with Crippen molar-refractivity contribution in [2.75, 3.05) is 7.11 Å². The molecule has 0 aromatic carbocycles. The van der Waals surface area contributed by atoms with Crippen molar-refractivity contribution < 1.29 is 4.84 Å². The number of nitrogens with zero attached hydrogens (tertiary/aromatic N) is 6. The van der Waals surface area contributed by atoms with Gasteiger partial charge in [0.25, 0.3) is 0 Å². The van der Waals surface area contributed by atoms with Gasteiger partial charge in [-0.3, -0.25) is 0 Å². The Morgan fingerprint density at radius 1 is 1.60 bits per heavy atom. The lowest BCUT2D eigenvalue weighted by Gasteiger charge is -1.94. The van der Waals surface area contributed by atoms with Crippen molar-refractivity contribution >= 4 is 11.9 Å². The van der Waals surface area contributed by atoms with Crippen molar-refractivity contribution in [2.45, 2.75) is 0 Å². The van der Waals surface area contributed by atoms with Crippen LogP contribution in [0.3, 0.4) is 0 Å². The van der Waals surface area contributed by atoms with Crippen molar-refractivity contribution in [1.29, 1.82) is 0 Å². The third-order valence-electron chi connectivity index (χ3n) is 1.81. The molecule has 0 bridgehead atoms. The van der Waals surface area contributed by atoms with E-state index in [-0.39, 0.29) is 5.69 Å². The van der Waals surface area contributed by atoms with Gasteiger partial charge in [0, 0.05) is 7.05 Å². The molecule has 78 valence electrons. The predicted octanol–water partition coefficient (Wildman–Crippen LogP) is -1.20. The average molecular weight is 208 g/mol. The Hall–Kier alpha value is -2.25. The first-order valence-corrected chi connectivity index (χ1v) is 4.07. The number of aromatic nitrogens is 5. The molecule has 0 aliphatic rings. The number of rotatable bonds is 2. The van der Waals surface area contributed by atoms with E-state index in [1.54, 1.807) is 0 Å². The summed E-state index contributed by atoms with van der Waals surface area (Å²) >= 11 is 0. The molecule has 0 aliphatic carbocycles. The second-order valence-electron chi connectivity index (χ2n) is 2.74. The number of oxime groups is 1. The zero-order valence-electron chi connectivity index (χ0n) is 8.15. The molecule has 15 heavy (non-hydrogen) atoms. The SMILES string of the molecule is CO/N=C/c1ncn2c(=O)n(C)nnc12. The zero-order valence-corrected chi connectivity index (χ0v) is 8.15. The molecule has 0 saturated heterocycles. The van der Waals surface area contributed by atoms with Crippen molar-refractivity contribution in [3.63, 3.8) is 0 Å². The Labute approximate surface area is 83.8 Å². The molecule has 2 aromatic heterocycles. The van der Waals surface area contributed by atoms with Gasteiger partial charge in [-0.15, -0.1) is 5.10 Å². The molecule has 0 atom stereocenters. The van der Waals surface area contributed by atoms with Crippen LogP contribution in [0, 0.1) is 0 Å². The minimum Gasteiger partial charge on any atom is -0.399 e. The molecule has 8 nitrogen and oxygen atoms in total. The minimum atomic E-state index is -0.315. The summed E-state index contributed by atoms with van der Waals surface area (Å²) in [6.45, 7) is 0. The first-order valence-electron chi connectivity index (χ1n) is 4.07. The quantitative estimate of drug-likeness (QED) is 0.457. The fraction of sp³-hybridized carbons (Fsp3) is 0.286. The predicted molar refractivity (Wildman–Crippen MR) is 50.6 cm³/mol. The van der Waals surface area contributed by atoms with E-state index in [9.17, 15) is 4.79 Å². The van der Waals surface area contributed by atoms with Crippen LogP contribution in [0.5, 0.6) is 0 Å². The molecule has 0 saturated carbocycles. The summed E-state index contributed by atoms with van der Waals surface area (Å²) in [5.41, 5.74) is 0.463. The van der Waals surface area contributed by atoms with Crippen molar-refractivity contribution in [3.8, 4) is 0 Å². The van der Waals surface area contributed by atoms with Crippen LogP contribution in [-0.2, 0) is 11.9 Å². The van der Waals surface area contributed by atoms with Gasteiger partial charge in [-0.1, -0.05) is 10.4 Å². The Morgan fingerprint density at radius 2 is 2.40 bits per heavy atom. The monoisotopic (exact) mass is 208 g/mol. The van der Waals surface area contributed by atoms with E-state index in [2.05, 4.69) is 25.3 Å². The highest BCUT2D eigenvalue weighted by Crippen LogP contribution is 1.98. The van der Waals surface area contributed by atoms with Crippen LogP contribution < -0.4 is 5.69 Å². The number of imidazole rings is 1. The highest BCUT2D eigenvalue weighted by molar-refractivity contribution is 5.84. The first-order chi connectivity index (χ1) is 7.24. The molecule has 0 amide bonds. The molecule has 0 unspecified atom stereocenters. The van der Waals surface area contributed by atoms with E-state index in [0.29, 0.717) is 11.3 Å². The molecule has 0 fully saturated rings. The van der Waals surface area contributed by atoms with Gasteiger partial charge < -0.3 is 4.84 Å². The Balaban J connectivity index is 2.67. The summed E-state index contributed by atoms with van der Waals surface area (Å²) in [5, 5.41) is 11.0. The van der Waals surface area contributed by atoms with Gasteiger partial charge in [0.1, 0.15) is 19.1 Å². The Bertz CT molecular complexity index is 568. The normalized spacial score (nSPS) is 11.3. The first kappa shape index (κ1) is 9.31. The molecule has 2 heterocycles. The number of aryl methyl sites for hydroxylation is 1. The van der Waals surface area contributed by atoms with E-state index in [4.69, 9.17) is 0 Å². The fourth-order valence-corrected chi connectivity index (χ4v) is 1.09. The summed E-state index contributed by atoms with van der Waals surface area (Å²) in [7, 11) is 2.93. The lowest BCUT2D eigenvalue weighted by Crippen LogP contribution is -2.27. The molecule has 2 rings (SSSR count). The summed E-state index contributed by atoms with van der Waals surface area (Å²) < 4.78 is 2.40. The summed E-state index contributed by atoms with van der Waals surface area (Å²) in [5.74, 6) is 0. The number of hydrogen-bond acceptors (Lipinski definition) is 6. The molecular formula is C7H8N6O2. The van der Waals surface area contributed by atoms with Crippen LogP contribution in [0.1, 0.15) is 5.69 Å². The van der Waals surface area contributed by atoms with Gasteiger partial charge in [0.15, 0.2) is 5.65 Å². The zero-order chi connectivity index (χ0) is 10.8. The van der Waals surface area contributed by atoms with Gasteiger partial charge in [-0.2, -0.15) is 4.68 Å². The summed E-state index contributed by atoms with van der Waals surface area (Å²) in [6, 6.07) is 0. The van der Waals surface area contributed by atoms with Crippen LogP contribution in [0.2, 0.25) is 0 Å². The standard InChI is InChI=1S/C7H8N6O2/c1-12-7(14)13-4-8-5(3-9-15-2)6(13)10-11-12/h3-4H,1-2H3/b9-3+. The van der Waals surface area contributed by atoms with Crippen molar-refractivity contribution in [2.24, 2.45) is 12.2 Å². The highest BCUT2D eigenvalue weighted by Gasteiger charge is 2.07.